The molecule has 0 saturated carbocycles. The highest BCUT2D eigenvalue weighted by Crippen LogP contribution is 2.45. The van der Waals surface area contributed by atoms with Crippen LogP contribution in [-0.2, 0) is 15.3 Å². The third-order valence-electron chi connectivity index (χ3n) is 3.08. The minimum absolute atomic E-state index is 0.282. The van der Waals surface area contributed by atoms with Gasteiger partial charge in [-0.15, -0.1) is 11.8 Å². The summed E-state index contributed by atoms with van der Waals surface area (Å²) in [5.41, 5.74) is 1.15. The molecule has 0 bridgehead atoms. The van der Waals surface area contributed by atoms with Crippen molar-refractivity contribution in [3.8, 4) is 0 Å². The van der Waals surface area contributed by atoms with E-state index >= 15 is 0 Å². The van der Waals surface area contributed by atoms with E-state index in [4.69, 9.17) is 14.6 Å². The van der Waals surface area contributed by atoms with Crippen molar-refractivity contribution in [1.82, 2.24) is 0 Å². The maximum Gasteiger partial charge on any atom is 0.335 e. The SMILES string of the molecule is O=C(O)c1ccc2c(c1)C1(CCS2)OCCO1. The van der Waals surface area contributed by atoms with Crippen LogP contribution in [0.25, 0.3) is 0 Å². The van der Waals surface area contributed by atoms with E-state index in [0.29, 0.717) is 13.2 Å². The number of carboxylic acid groups (broad SMARTS) is 1. The number of carboxylic acids is 1. The molecular formula is C12H12O4S. The zero-order valence-corrected chi connectivity index (χ0v) is 9.96. The molecule has 1 spiro atoms. The number of aromatic carboxylic acids is 1. The molecule has 2 aliphatic rings. The first kappa shape index (κ1) is 11.1. The highest BCUT2D eigenvalue weighted by Gasteiger charge is 2.42. The maximum atomic E-state index is 11.0. The first-order valence-corrected chi connectivity index (χ1v) is 6.48. The van der Waals surface area contributed by atoms with E-state index < -0.39 is 11.8 Å². The number of fused-ring (bicyclic) bond motifs is 2. The number of carbonyl (C=O) groups is 1. The third-order valence-corrected chi connectivity index (χ3v) is 4.15. The molecule has 3 rings (SSSR count). The molecule has 1 saturated heterocycles. The molecule has 0 unspecified atom stereocenters. The van der Waals surface area contributed by atoms with E-state index in [0.717, 1.165) is 22.6 Å². The molecule has 1 aromatic rings. The first-order valence-electron chi connectivity index (χ1n) is 5.50. The zero-order valence-electron chi connectivity index (χ0n) is 9.14. The van der Waals surface area contributed by atoms with Gasteiger partial charge in [-0.25, -0.2) is 4.79 Å². The Morgan fingerprint density at radius 1 is 1.35 bits per heavy atom. The third kappa shape index (κ3) is 1.74. The van der Waals surface area contributed by atoms with Crippen LogP contribution < -0.4 is 0 Å². The second kappa shape index (κ2) is 4.01. The summed E-state index contributed by atoms with van der Waals surface area (Å²) in [6, 6.07) is 5.15. The van der Waals surface area contributed by atoms with Crippen LogP contribution in [0.1, 0.15) is 22.3 Å². The van der Waals surface area contributed by atoms with Crippen molar-refractivity contribution in [3.05, 3.63) is 29.3 Å². The summed E-state index contributed by atoms with van der Waals surface area (Å²) in [6.07, 6.45) is 0.772. The van der Waals surface area contributed by atoms with Crippen LogP contribution in [0.15, 0.2) is 23.1 Å². The molecule has 2 aliphatic heterocycles. The van der Waals surface area contributed by atoms with Crippen molar-refractivity contribution in [1.29, 1.82) is 0 Å². The number of hydrogen-bond acceptors (Lipinski definition) is 4. The molecule has 17 heavy (non-hydrogen) atoms. The molecule has 5 heteroatoms. The van der Waals surface area contributed by atoms with Crippen molar-refractivity contribution in [2.45, 2.75) is 17.1 Å². The normalized spacial score (nSPS) is 21.4. The number of benzene rings is 1. The fourth-order valence-electron chi connectivity index (χ4n) is 2.27. The Bertz CT molecular complexity index is 466. The van der Waals surface area contributed by atoms with Crippen LogP contribution in [0.3, 0.4) is 0 Å². The topological polar surface area (TPSA) is 55.8 Å². The van der Waals surface area contributed by atoms with Gasteiger partial charge in [0.1, 0.15) is 0 Å². The van der Waals surface area contributed by atoms with Crippen molar-refractivity contribution < 1.29 is 19.4 Å². The average molecular weight is 252 g/mol. The fraction of sp³-hybridized carbons (Fsp3) is 0.417. The van der Waals surface area contributed by atoms with E-state index in [-0.39, 0.29) is 5.56 Å². The van der Waals surface area contributed by atoms with E-state index in [1.165, 1.54) is 0 Å². The van der Waals surface area contributed by atoms with Crippen molar-refractivity contribution >= 4 is 17.7 Å². The lowest BCUT2D eigenvalue weighted by Gasteiger charge is -2.33. The van der Waals surface area contributed by atoms with Gasteiger partial charge in [0.25, 0.3) is 0 Å². The molecule has 1 N–H and O–H groups in total. The largest absolute Gasteiger partial charge is 0.478 e. The van der Waals surface area contributed by atoms with Crippen LogP contribution >= 0.6 is 11.8 Å². The average Bonchev–Trinajstić information content (AvgIpc) is 2.78. The first-order chi connectivity index (χ1) is 8.21. The second-order valence-corrected chi connectivity index (χ2v) is 5.20. The molecular weight excluding hydrogens is 240 g/mol. The van der Waals surface area contributed by atoms with Gasteiger partial charge in [0, 0.05) is 22.6 Å². The standard InChI is InChI=1S/C12H12O4S/c13-11(14)8-1-2-10-9(7-8)12(3-6-17-10)15-4-5-16-12/h1-2,7H,3-6H2,(H,13,14). The second-order valence-electron chi connectivity index (χ2n) is 4.06. The van der Waals surface area contributed by atoms with Crippen molar-refractivity contribution in [2.75, 3.05) is 19.0 Å². The molecule has 4 nitrogen and oxygen atoms in total. The van der Waals surface area contributed by atoms with Crippen LogP contribution in [0, 0.1) is 0 Å². The van der Waals surface area contributed by atoms with Gasteiger partial charge in [-0.05, 0) is 18.2 Å². The lowest BCUT2D eigenvalue weighted by atomic mass is 10.00. The Balaban J connectivity index is 2.11. The van der Waals surface area contributed by atoms with E-state index in [1.54, 1.807) is 23.9 Å². The maximum absolute atomic E-state index is 11.0. The van der Waals surface area contributed by atoms with Gasteiger partial charge in [-0.1, -0.05) is 0 Å². The molecule has 0 aromatic heterocycles. The summed E-state index contributed by atoms with van der Waals surface area (Å²) in [6.45, 7) is 1.14. The van der Waals surface area contributed by atoms with Gasteiger partial charge in [-0.2, -0.15) is 0 Å². The Labute approximate surface area is 103 Å². The van der Waals surface area contributed by atoms with Gasteiger partial charge >= 0.3 is 5.97 Å². The minimum atomic E-state index is -0.920. The van der Waals surface area contributed by atoms with Crippen molar-refractivity contribution in [3.63, 3.8) is 0 Å². The van der Waals surface area contributed by atoms with Gasteiger partial charge in [0.2, 0.25) is 0 Å². The predicted octanol–water partition coefficient (Wildman–Crippen LogP) is 2.08. The predicted molar refractivity (Wildman–Crippen MR) is 62.3 cm³/mol. The van der Waals surface area contributed by atoms with Crippen LogP contribution in [0.5, 0.6) is 0 Å². The zero-order chi connectivity index (χ0) is 11.9. The Hall–Kier alpha value is -1.04. The molecule has 2 heterocycles. The molecule has 0 amide bonds. The number of ether oxygens (including phenoxy) is 2. The number of hydrogen-bond donors (Lipinski definition) is 1. The molecule has 90 valence electrons. The van der Waals surface area contributed by atoms with Crippen LogP contribution in [0.2, 0.25) is 0 Å². The quantitative estimate of drug-likeness (QED) is 0.829. The summed E-state index contributed by atoms with van der Waals surface area (Å²) in [5, 5.41) is 9.03. The lowest BCUT2D eigenvalue weighted by Crippen LogP contribution is -2.31. The Morgan fingerprint density at radius 3 is 2.82 bits per heavy atom. The monoisotopic (exact) mass is 252 g/mol. The van der Waals surface area contributed by atoms with E-state index in [9.17, 15) is 4.79 Å². The highest BCUT2D eigenvalue weighted by molar-refractivity contribution is 7.99. The molecule has 0 aliphatic carbocycles. The Kier molecular flexibility index (Phi) is 2.61. The summed E-state index contributed by atoms with van der Waals surface area (Å²) < 4.78 is 11.4. The van der Waals surface area contributed by atoms with Gasteiger partial charge in [-0.3, -0.25) is 0 Å². The summed E-state index contributed by atoms with van der Waals surface area (Å²) >= 11 is 1.72. The highest BCUT2D eigenvalue weighted by atomic mass is 32.2. The fourth-order valence-corrected chi connectivity index (χ4v) is 3.40. The van der Waals surface area contributed by atoms with Gasteiger partial charge in [0.05, 0.1) is 18.8 Å². The molecule has 0 atom stereocenters. The summed E-state index contributed by atoms with van der Waals surface area (Å²) in [5.74, 6) is -0.692. The smallest absolute Gasteiger partial charge is 0.335 e. The van der Waals surface area contributed by atoms with Gasteiger partial charge in [0.15, 0.2) is 5.79 Å². The summed E-state index contributed by atoms with van der Waals surface area (Å²) in [7, 11) is 0. The lowest BCUT2D eigenvalue weighted by molar-refractivity contribution is -0.169. The number of thioether (sulfide) groups is 1. The van der Waals surface area contributed by atoms with Crippen molar-refractivity contribution in [2.24, 2.45) is 0 Å². The molecule has 1 fully saturated rings. The van der Waals surface area contributed by atoms with E-state index in [2.05, 4.69) is 0 Å². The van der Waals surface area contributed by atoms with Gasteiger partial charge < -0.3 is 14.6 Å². The van der Waals surface area contributed by atoms with Crippen LogP contribution in [-0.4, -0.2) is 30.0 Å². The van der Waals surface area contributed by atoms with E-state index in [1.807, 2.05) is 6.07 Å². The summed E-state index contributed by atoms with van der Waals surface area (Å²) in [4.78, 5) is 12.1. The number of rotatable bonds is 1. The van der Waals surface area contributed by atoms with Crippen LogP contribution in [0.4, 0.5) is 0 Å². The Morgan fingerprint density at radius 2 is 2.12 bits per heavy atom. The minimum Gasteiger partial charge on any atom is -0.478 e. The molecule has 0 radical (unpaired) electrons. The molecule has 1 aromatic carbocycles.